The standard InChI is InChI=1S/C12H14IN3O/c1-7-8(2)17-12(16-7)6-15-11-4-3-9(13)5-10(11)14/h3-5,15H,6,14H2,1-2H3. The third-order valence-electron chi connectivity index (χ3n) is 2.52. The fourth-order valence-corrected chi connectivity index (χ4v) is 2.00. The number of nitrogens with zero attached hydrogens (tertiary/aromatic N) is 1. The van der Waals surface area contributed by atoms with Gasteiger partial charge < -0.3 is 15.5 Å². The molecule has 0 aliphatic heterocycles. The van der Waals surface area contributed by atoms with E-state index in [0.29, 0.717) is 12.4 Å². The van der Waals surface area contributed by atoms with Crippen molar-refractivity contribution in [3.05, 3.63) is 39.1 Å². The minimum absolute atomic E-state index is 0.541. The molecule has 0 saturated heterocycles. The Morgan fingerprint density at radius 1 is 1.41 bits per heavy atom. The number of nitrogens with one attached hydrogen (secondary N) is 1. The van der Waals surface area contributed by atoms with Gasteiger partial charge in [0.2, 0.25) is 5.89 Å². The average Bonchev–Trinajstić information content (AvgIpc) is 2.57. The van der Waals surface area contributed by atoms with Crippen molar-refractivity contribution in [3.63, 3.8) is 0 Å². The van der Waals surface area contributed by atoms with Gasteiger partial charge in [-0.2, -0.15) is 0 Å². The Morgan fingerprint density at radius 3 is 2.76 bits per heavy atom. The van der Waals surface area contributed by atoms with Gasteiger partial charge in [0.05, 0.1) is 23.6 Å². The molecule has 0 aliphatic rings. The lowest BCUT2D eigenvalue weighted by atomic mass is 10.3. The van der Waals surface area contributed by atoms with Crippen LogP contribution in [0.1, 0.15) is 17.3 Å². The van der Waals surface area contributed by atoms with Crippen molar-refractivity contribution in [1.29, 1.82) is 0 Å². The molecule has 4 nitrogen and oxygen atoms in total. The van der Waals surface area contributed by atoms with E-state index in [4.69, 9.17) is 10.2 Å². The van der Waals surface area contributed by atoms with Crippen LogP contribution in [0, 0.1) is 17.4 Å². The lowest BCUT2D eigenvalue weighted by Crippen LogP contribution is -2.02. The predicted octanol–water partition coefficient (Wildman–Crippen LogP) is 3.09. The molecule has 0 amide bonds. The van der Waals surface area contributed by atoms with E-state index in [2.05, 4.69) is 32.9 Å². The van der Waals surface area contributed by atoms with Crippen molar-refractivity contribution in [2.75, 3.05) is 11.1 Å². The number of benzene rings is 1. The molecule has 0 radical (unpaired) electrons. The van der Waals surface area contributed by atoms with Crippen molar-refractivity contribution in [3.8, 4) is 0 Å². The number of halogens is 1. The van der Waals surface area contributed by atoms with Crippen molar-refractivity contribution in [1.82, 2.24) is 4.98 Å². The van der Waals surface area contributed by atoms with Gasteiger partial charge in [-0.3, -0.25) is 0 Å². The number of rotatable bonds is 3. The monoisotopic (exact) mass is 343 g/mol. The van der Waals surface area contributed by atoms with Crippen molar-refractivity contribution >= 4 is 34.0 Å². The summed E-state index contributed by atoms with van der Waals surface area (Å²) in [6.45, 7) is 4.38. The molecule has 0 saturated carbocycles. The Balaban J connectivity index is 2.07. The van der Waals surface area contributed by atoms with Gasteiger partial charge in [-0.25, -0.2) is 4.98 Å². The topological polar surface area (TPSA) is 64.1 Å². The van der Waals surface area contributed by atoms with Crippen LogP contribution in [0.5, 0.6) is 0 Å². The number of nitrogens with two attached hydrogens (primary N) is 1. The lowest BCUT2D eigenvalue weighted by molar-refractivity contribution is 0.478. The van der Waals surface area contributed by atoms with Gasteiger partial charge in [-0.15, -0.1) is 0 Å². The number of hydrogen-bond donors (Lipinski definition) is 2. The highest BCUT2D eigenvalue weighted by Gasteiger charge is 2.06. The summed E-state index contributed by atoms with van der Waals surface area (Å²) in [6, 6.07) is 5.89. The molecule has 17 heavy (non-hydrogen) atoms. The molecule has 2 aromatic rings. The third-order valence-corrected chi connectivity index (χ3v) is 3.19. The van der Waals surface area contributed by atoms with E-state index in [1.807, 2.05) is 32.0 Å². The minimum Gasteiger partial charge on any atom is -0.444 e. The number of aryl methyl sites for hydroxylation is 2. The molecule has 1 aromatic carbocycles. The van der Waals surface area contributed by atoms with Gasteiger partial charge in [0, 0.05) is 3.57 Å². The SMILES string of the molecule is Cc1nc(CNc2ccc(I)cc2N)oc1C. The quantitative estimate of drug-likeness (QED) is 0.664. The van der Waals surface area contributed by atoms with Crippen LogP contribution in [-0.2, 0) is 6.54 Å². The fraction of sp³-hybridized carbons (Fsp3) is 0.250. The molecule has 0 spiro atoms. The van der Waals surface area contributed by atoms with Crippen LogP contribution >= 0.6 is 22.6 Å². The maximum atomic E-state index is 5.90. The van der Waals surface area contributed by atoms with Gasteiger partial charge in [-0.05, 0) is 54.6 Å². The molecular formula is C12H14IN3O. The Hall–Kier alpha value is -1.24. The van der Waals surface area contributed by atoms with Crippen LogP contribution in [0.15, 0.2) is 22.6 Å². The van der Waals surface area contributed by atoms with E-state index in [1.54, 1.807) is 0 Å². The highest BCUT2D eigenvalue weighted by atomic mass is 127. The Bertz CT molecular complexity index is 517. The molecule has 1 aromatic heterocycles. The maximum Gasteiger partial charge on any atom is 0.213 e. The molecule has 0 aliphatic carbocycles. The molecule has 90 valence electrons. The first-order valence-electron chi connectivity index (χ1n) is 5.28. The van der Waals surface area contributed by atoms with Crippen LogP contribution in [0.2, 0.25) is 0 Å². The van der Waals surface area contributed by atoms with E-state index < -0.39 is 0 Å². The molecule has 0 fully saturated rings. The minimum atomic E-state index is 0.541. The molecule has 1 heterocycles. The molecular weight excluding hydrogens is 329 g/mol. The number of anilines is 2. The van der Waals surface area contributed by atoms with Crippen molar-refractivity contribution < 1.29 is 4.42 Å². The molecule has 0 atom stereocenters. The first-order chi connectivity index (χ1) is 8.06. The summed E-state index contributed by atoms with van der Waals surface area (Å²) >= 11 is 2.23. The van der Waals surface area contributed by atoms with Gasteiger partial charge in [-0.1, -0.05) is 0 Å². The summed E-state index contributed by atoms with van der Waals surface area (Å²) in [5, 5.41) is 3.21. The van der Waals surface area contributed by atoms with Gasteiger partial charge in [0.1, 0.15) is 5.76 Å². The number of oxazole rings is 1. The van der Waals surface area contributed by atoms with Crippen molar-refractivity contribution in [2.45, 2.75) is 20.4 Å². The highest BCUT2D eigenvalue weighted by Crippen LogP contribution is 2.21. The number of aromatic nitrogens is 1. The van der Waals surface area contributed by atoms with Gasteiger partial charge in [0.15, 0.2) is 0 Å². The highest BCUT2D eigenvalue weighted by molar-refractivity contribution is 14.1. The second kappa shape index (κ2) is 4.95. The van der Waals surface area contributed by atoms with Crippen LogP contribution in [0.3, 0.4) is 0 Å². The molecule has 3 N–H and O–H groups in total. The predicted molar refractivity (Wildman–Crippen MR) is 76.9 cm³/mol. The second-order valence-electron chi connectivity index (χ2n) is 3.83. The van der Waals surface area contributed by atoms with Crippen LogP contribution in [-0.4, -0.2) is 4.98 Å². The Morgan fingerprint density at radius 2 is 2.18 bits per heavy atom. The summed E-state index contributed by atoms with van der Waals surface area (Å²) in [6.07, 6.45) is 0. The zero-order valence-corrected chi connectivity index (χ0v) is 11.9. The summed E-state index contributed by atoms with van der Waals surface area (Å²) < 4.78 is 6.60. The smallest absolute Gasteiger partial charge is 0.213 e. The van der Waals surface area contributed by atoms with Crippen LogP contribution < -0.4 is 11.1 Å². The summed E-state index contributed by atoms with van der Waals surface area (Å²) in [4.78, 5) is 4.30. The average molecular weight is 343 g/mol. The lowest BCUT2D eigenvalue weighted by Gasteiger charge is -2.07. The third kappa shape index (κ3) is 2.91. The van der Waals surface area contributed by atoms with E-state index in [9.17, 15) is 0 Å². The van der Waals surface area contributed by atoms with E-state index in [-0.39, 0.29) is 0 Å². The Labute approximate surface area is 114 Å². The number of nitrogen functional groups attached to an aromatic ring is 1. The largest absolute Gasteiger partial charge is 0.444 e. The Kier molecular flexibility index (Phi) is 3.56. The van der Waals surface area contributed by atoms with Crippen LogP contribution in [0.25, 0.3) is 0 Å². The van der Waals surface area contributed by atoms with Gasteiger partial charge in [0.25, 0.3) is 0 Å². The molecule has 2 rings (SSSR count). The molecule has 0 bridgehead atoms. The number of hydrogen-bond acceptors (Lipinski definition) is 4. The van der Waals surface area contributed by atoms with E-state index in [0.717, 1.165) is 26.4 Å². The first-order valence-corrected chi connectivity index (χ1v) is 6.36. The summed E-state index contributed by atoms with van der Waals surface area (Å²) in [5.41, 5.74) is 8.47. The zero-order valence-electron chi connectivity index (χ0n) is 9.75. The summed E-state index contributed by atoms with van der Waals surface area (Å²) in [7, 11) is 0. The maximum absolute atomic E-state index is 5.90. The van der Waals surface area contributed by atoms with E-state index in [1.165, 1.54) is 0 Å². The summed E-state index contributed by atoms with van der Waals surface area (Å²) in [5.74, 6) is 1.54. The van der Waals surface area contributed by atoms with Crippen LogP contribution in [0.4, 0.5) is 11.4 Å². The second-order valence-corrected chi connectivity index (χ2v) is 5.08. The normalized spacial score (nSPS) is 10.5. The van der Waals surface area contributed by atoms with Gasteiger partial charge >= 0.3 is 0 Å². The van der Waals surface area contributed by atoms with Crippen molar-refractivity contribution in [2.24, 2.45) is 0 Å². The zero-order chi connectivity index (χ0) is 12.4. The molecule has 5 heteroatoms. The molecule has 0 unspecified atom stereocenters. The first kappa shape index (κ1) is 12.2. The fourth-order valence-electron chi connectivity index (χ4n) is 1.48. The van der Waals surface area contributed by atoms with E-state index >= 15 is 0 Å².